The summed E-state index contributed by atoms with van der Waals surface area (Å²) < 4.78 is 5.30. The Balaban J connectivity index is 1.74. The minimum absolute atomic E-state index is 0.289. The topological polar surface area (TPSA) is 93.1 Å². The zero-order chi connectivity index (χ0) is 14.5. The van der Waals surface area contributed by atoms with Crippen LogP contribution in [0.5, 0.6) is 0 Å². The van der Waals surface area contributed by atoms with Crippen LogP contribution in [0.2, 0.25) is 0 Å². The molecule has 1 aliphatic heterocycles. The fourth-order valence-electron chi connectivity index (χ4n) is 1.98. The number of ether oxygens (including phenoxy) is 1. The Morgan fingerprint density at radius 2 is 2.05 bits per heavy atom. The van der Waals surface area contributed by atoms with Crippen LogP contribution < -0.4 is 10.2 Å². The summed E-state index contributed by atoms with van der Waals surface area (Å²) in [4.78, 5) is 30.3. The lowest BCUT2D eigenvalue weighted by atomic mass is 10.3. The molecule has 0 bridgehead atoms. The van der Waals surface area contributed by atoms with Crippen molar-refractivity contribution in [2.75, 3.05) is 36.5 Å². The second kappa shape index (κ2) is 6.23. The second-order valence-corrected chi connectivity index (χ2v) is 4.41. The molecule has 2 aromatic heterocycles. The van der Waals surface area contributed by atoms with E-state index in [-0.39, 0.29) is 11.6 Å². The molecule has 0 atom stereocenters. The first-order chi connectivity index (χ1) is 10.3. The quantitative estimate of drug-likeness (QED) is 0.870. The predicted octanol–water partition coefficient (Wildman–Crippen LogP) is 0.355. The van der Waals surface area contributed by atoms with Crippen molar-refractivity contribution >= 4 is 17.5 Å². The number of hydrogen-bond donors (Lipinski definition) is 1. The zero-order valence-electron chi connectivity index (χ0n) is 11.3. The van der Waals surface area contributed by atoms with E-state index >= 15 is 0 Å². The normalized spacial score (nSPS) is 14.8. The molecule has 0 aliphatic carbocycles. The summed E-state index contributed by atoms with van der Waals surface area (Å²) in [7, 11) is 0. The summed E-state index contributed by atoms with van der Waals surface area (Å²) in [6.07, 6.45) is 5.91. The molecule has 1 N–H and O–H groups in total. The van der Waals surface area contributed by atoms with Crippen molar-refractivity contribution in [2.45, 2.75) is 0 Å². The van der Waals surface area contributed by atoms with Crippen LogP contribution in [0, 0.1) is 0 Å². The molecule has 0 unspecified atom stereocenters. The molecule has 21 heavy (non-hydrogen) atoms. The molecule has 3 rings (SSSR count). The van der Waals surface area contributed by atoms with E-state index in [1.54, 1.807) is 6.07 Å². The Kier molecular flexibility index (Phi) is 3.97. The third kappa shape index (κ3) is 3.29. The molecule has 8 heteroatoms. The highest BCUT2D eigenvalue weighted by atomic mass is 16.5. The largest absolute Gasteiger partial charge is 0.378 e. The van der Waals surface area contributed by atoms with Gasteiger partial charge in [-0.15, -0.1) is 0 Å². The highest BCUT2D eigenvalue weighted by Gasteiger charge is 2.15. The van der Waals surface area contributed by atoms with Gasteiger partial charge in [0.2, 0.25) is 0 Å². The number of nitrogens with one attached hydrogen (secondary N) is 1. The first kappa shape index (κ1) is 13.4. The molecule has 2 aromatic rings. The minimum Gasteiger partial charge on any atom is -0.378 e. The zero-order valence-corrected chi connectivity index (χ0v) is 11.3. The van der Waals surface area contributed by atoms with Gasteiger partial charge < -0.3 is 15.0 Å². The van der Waals surface area contributed by atoms with Crippen molar-refractivity contribution in [1.82, 2.24) is 19.9 Å². The van der Waals surface area contributed by atoms with E-state index in [1.165, 1.54) is 24.9 Å². The summed E-state index contributed by atoms with van der Waals surface area (Å²) in [6.45, 7) is 2.82. The molecule has 8 nitrogen and oxygen atoms in total. The van der Waals surface area contributed by atoms with Crippen LogP contribution in [0.1, 0.15) is 10.5 Å². The van der Waals surface area contributed by atoms with Crippen molar-refractivity contribution in [1.29, 1.82) is 0 Å². The molecule has 0 spiro atoms. The Morgan fingerprint density at radius 3 is 2.81 bits per heavy atom. The number of aromatic nitrogens is 4. The number of nitrogens with zero attached hydrogens (tertiary/aromatic N) is 5. The molecule has 0 aromatic carbocycles. The summed E-state index contributed by atoms with van der Waals surface area (Å²) in [5, 5.41) is 2.64. The van der Waals surface area contributed by atoms with Gasteiger partial charge in [0.1, 0.15) is 17.8 Å². The predicted molar refractivity (Wildman–Crippen MR) is 75.0 cm³/mol. The van der Waals surface area contributed by atoms with E-state index in [0.717, 1.165) is 18.9 Å². The van der Waals surface area contributed by atoms with Crippen LogP contribution in [-0.4, -0.2) is 52.1 Å². The van der Waals surface area contributed by atoms with Crippen LogP contribution in [0.25, 0.3) is 0 Å². The molecular weight excluding hydrogens is 272 g/mol. The van der Waals surface area contributed by atoms with Gasteiger partial charge in [-0.25, -0.2) is 15.0 Å². The van der Waals surface area contributed by atoms with Crippen molar-refractivity contribution in [3.63, 3.8) is 0 Å². The third-order valence-electron chi connectivity index (χ3n) is 3.03. The van der Waals surface area contributed by atoms with E-state index in [4.69, 9.17) is 4.74 Å². The van der Waals surface area contributed by atoms with Crippen LogP contribution in [0.3, 0.4) is 0 Å². The van der Waals surface area contributed by atoms with Crippen LogP contribution in [0.15, 0.2) is 31.0 Å². The Hall–Kier alpha value is -2.61. The standard InChI is InChI=1S/C13H14N6O2/c20-13(18-11-8-14-1-2-15-11)10-7-12(17-9-16-10)19-3-5-21-6-4-19/h1-2,7-9H,3-6H2,(H,15,18,20). The van der Waals surface area contributed by atoms with Crippen LogP contribution in [-0.2, 0) is 4.74 Å². The average molecular weight is 286 g/mol. The van der Waals surface area contributed by atoms with Gasteiger partial charge in [-0.05, 0) is 0 Å². The first-order valence-electron chi connectivity index (χ1n) is 6.55. The molecule has 1 aliphatic rings. The Labute approximate surface area is 121 Å². The van der Waals surface area contributed by atoms with Gasteiger partial charge in [-0.3, -0.25) is 9.78 Å². The number of amides is 1. The summed E-state index contributed by atoms with van der Waals surface area (Å²) in [5.41, 5.74) is 0.289. The molecule has 3 heterocycles. The van der Waals surface area contributed by atoms with Crippen molar-refractivity contribution < 1.29 is 9.53 Å². The molecule has 0 radical (unpaired) electrons. The van der Waals surface area contributed by atoms with Crippen molar-refractivity contribution in [2.24, 2.45) is 0 Å². The summed E-state index contributed by atoms with van der Waals surface area (Å²) in [6, 6.07) is 1.66. The van der Waals surface area contributed by atoms with Crippen molar-refractivity contribution in [3.8, 4) is 0 Å². The maximum Gasteiger partial charge on any atom is 0.275 e. The lowest BCUT2D eigenvalue weighted by molar-refractivity contribution is 0.102. The van der Waals surface area contributed by atoms with E-state index < -0.39 is 0 Å². The van der Waals surface area contributed by atoms with Gasteiger partial charge in [0.05, 0.1) is 19.4 Å². The number of hydrogen-bond acceptors (Lipinski definition) is 7. The molecular formula is C13H14N6O2. The molecule has 1 fully saturated rings. The highest BCUT2D eigenvalue weighted by molar-refractivity contribution is 6.02. The number of anilines is 2. The monoisotopic (exact) mass is 286 g/mol. The second-order valence-electron chi connectivity index (χ2n) is 4.41. The smallest absolute Gasteiger partial charge is 0.275 e. The first-order valence-corrected chi connectivity index (χ1v) is 6.55. The average Bonchev–Trinajstić information content (AvgIpc) is 2.57. The Bertz CT molecular complexity index is 615. The summed E-state index contributed by atoms with van der Waals surface area (Å²) in [5.74, 6) is 0.763. The Morgan fingerprint density at radius 1 is 1.19 bits per heavy atom. The maximum absolute atomic E-state index is 12.1. The summed E-state index contributed by atoms with van der Waals surface area (Å²) >= 11 is 0. The minimum atomic E-state index is -0.340. The van der Waals surface area contributed by atoms with E-state index in [9.17, 15) is 4.79 Å². The highest BCUT2D eigenvalue weighted by Crippen LogP contribution is 2.13. The van der Waals surface area contributed by atoms with E-state index in [2.05, 4.69) is 30.2 Å². The van der Waals surface area contributed by atoms with Gasteiger partial charge in [-0.2, -0.15) is 0 Å². The fraction of sp³-hybridized carbons (Fsp3) is 0.308. The third-order valence-corrected chi connectivity index (χ3v) is 3.03. The van der Waals surface area contributed by atoms with E-state index in [0.29, 0.717) is 19.0 Å². The van der Waals surface area contributed by atoms with Crippen LogP contribution in [0.4, 0.5) is 11.6 Å². The van der Waals surface area contributed by atoms with Gasteiger partial charge >= 0.3 is 0 Å². The SMILES string of the molecule is O=C(Nc1cnccn1)c1cc(N2CCOCC2)ncn1. The molecule has 1 amide bonds. The fourth-order valence-corrected chi connectivity index (χ4v) is 1.98. The number of carbonyl (C=O) groups is 1. The van der Waals surface area contributed by atoms with Crippen LogP contribution >= 0.6 is 0 Å². The number of carbonyl (C=O) groups excluding carboxylic acids is 1. The number of rotatable bonds is 3. The van der Waals surface area contributed by atoms with Gasteiger partial charge in [0, 0.05) is 31.5 Å². The van der Waals surface area contributed by atoms with Gasteiger partial charge in [0.25, 0.3) is 5.91 Å². The maximum atomic E-state index is 12.1. The van der Waals surface area contributed by atoms with E-state index in [1.807, 2.05) is 0 Å². The lowest BCUT2D eigenvalue weighted by Crippen LogP contribution is -2.37. The van der Waals surface area contributed by atoms with Crippen molar-refractivity contribution in [3.05, 3.63) is 36.7 Å². The van der Waals surface area contributed by atoms with Gasteiger partial charge in [0.15, 0.2) is 5.82 Å². The molecule has 1 saturated heterocycles. The van der Waals surface area contributed by atoms with Gasteiger partial charge in [-0.1, -0.05) is 0 Å². The molecule has 0 saturated carbocycles. The lowest BCUT2D eigenvalue weighted by Gasteiger charge is -2.27. The molecule has 108 valence electrons. The number of morpholine rings is 1.